The second kappa shape index (κ2) is 10.6. The number of ether oxygens (including phenoxy) is 2. The van der Waals surface area contributed by atoms with E-state index in [0.717, 1.165) is 23.8 Å². The molecular formula is C20H32N3O9P. The highest BCUT2D eigenvalue weighted by Gasteiger charge is 2.59. The molecule has 1 aromatic rings. The predicted molar refractivity (Wildman–Crippen MR) is 116 cm³/mol. The van der Waals surface area contributed by atoms with E-state index >= 15 is 0 Å². The summed E-state index contributed by atoms with van der Waals surface area (Å²) in [5, 5.41) is 0. The zero-order valence-electron chi connectivity index (χ0n) is 19.1. The van der Waals surface area contributed by atoms with Crippen molar-refractivity contribution in [1.82, 2.24) is 9.55 Å². The Hall–Kier alpha value is -1.82. The van der Waals surface area contributed by atoms with Gasteiger partial charge in [-0.2, -0.15) is 0 Å². The molecule has 13 heteroatoms. The SMILES string of the molecule is CCCCCOC(=O)C(C)CCO[P@]1(=O)OC[C@H]2O[C@@H](n3ccc(=O)[nH]c3=O)[C@](C)(N)[C@@H]2O1. The monoisotopic (exact) mass is 489 g/mol. The van der Waals surface area contributed by atoms with E-state index in [9.17, 15) is 18.9 Å². The van der Waals surface area contributed by atoms with Gasteiger partial charge in [-0.15, -0.1) is 0 Å². The fourth-order valence-corrected chi connectivity index (χ4v) is 5.23. The van der Waals surface area contributed by atoms with E-state index in [1.807, 2.05) is 0 Å². The number of H-pyrrole nitrogens is 1. The maximum absolute atomic E-state index is 13.0. The maximum atomic E-state index is 13.0. The lowest BCUT2D eigenvalue weighted by Gasteiger charge is -2.35. The first kappa shape index (κ1) is 25.8. The molecule has 0 amide bonds. The summed E-state index contributed by atoms with van der Waals surface area (Å²) >= 11 is 0. The van der Waals surface area contributed by atoms with Crippen LogP contribution in [-0.2, 0) is 32.4 Å². The zero-order valence-corrected chi connectivity index (χ0v) is 20.0. The van der Waals surface area contributed by atoms with E-state index in [2.05, 4.69) is 11.9 Å². The molecule has 0 saturated carbocycles. The normalized spacial score (nSPS) is 32.3. The highest BCUT2D eigenvalue weighted by molar-refractivity contribution is 7.48. The number of nitrogens with two attached hydrogens (primary N) is 1. The summed E-state index contributed by atoms with van der Waals surface area (Å²) in [4.78, 5) is 37.7. The molecule has 0 radical (unpaired) electrons. The van der Waals surface area contributed by atoms with Crippen molar-refractivity contribution in [3.05, 3.63) is 33.1 Å². The molecule has 2 saturated heterocycles. The van der Waals surface area contributed by atoms with Gasteiger partial charge >= 0.3 is 19.5 Å². The lowest BCUT2D eigenvalue weighted by molar-refractivity contribution is -0.148. The summed E-state index contributed by atoms with van der Waals surface area (Å²) in [5.74, 6) is -0.784. The largest absolute Gasteiger partial charge is 0.475 e. The molecule has 2 aliphatic heterocycles. The van der Waals surface area contributed by atoms with Crippen LogP contribution in [0.15, 0.2) is 21.9 Å². The lowest BCUT2D eigenvalue weighted by Crippen LogP contribution is -2.55. The molecule has 0 spiro atoms. The third kappa shape index (κ3) is 6.00. The number of carbonyl (C=O) groups excluding carboxylic acids is 1. The smallest absolute Gasteiger partial charge is 0.465 e. The highest BCUT2D eigenvalue weighted by Crippen LogP contribution is 2.58. The summed E-state index contributed by atoms with van der Waals surface area (Å²) in [7, 11) is -3.98. The second-order valence-corrected chi connectivity index (χ2v) is 10.2. The Morgan fingerprint density at radius 2 is 2.15 bits per heavy atom. The van der Waals surface area contributed by atoms with Crippen LogP contribution in [0.25, 0.3) is 0 Å². The van der Waals surface area contributed by atoms with Gasteiger partial charge in [0.15, 0.2) is 6.23 Å². The predicted octanol–water partition coefficient (Wildman–Crippen LogP) is 1.45. The number of rotatable bonds is 10. The van der Waals surface area contributed by atoms with E-state index in [0.29, 0.717) is 6.61 Å². The summed E-state index contributed by atoms with van der Waals surface area (Å²) < 4.78 is 41.5. The molecule has 12 nitrogen and oxygen atoms in total. The quantitative estimate of drug-likeness (QED) is 0.279. The van der Waals surface area contributed by atoms with Gasteiger partial charge in [0, 0.05) is 12.3 Å². The molecule has 1 unspecified atom stereocenters. The van der Waals surface area contributed by atoms with Crippen molar-refractivity contribution >= 4 is 13.8 Å². The van der Waals surface area contributed by atoms with E-state index in [4.69, 9.17) is 28.8 Å². The second-order valence-electron chi connectivity index (χ2n) is 8.58. The fourth-order valence-electron chi connectivity index (χ4n) is 3.74. The van der Waals surface area contributed by atoms with Crippen molar-refractivity contribution in [1.29, 1.82) is 0 Å². The topological polar surface area (TPSA) is 161 Å². The summed E-state index contributed by atoms with van der Waals surface area (Å²) in [5.41, 5.74) is 3.89. The number of nitrogens with one attached hydrogen (secondary N) is 1. The van der Waals surface area contributed by atoms with E-state index in [1.165, 1.54) is 12.3 Å². The number of fused-ring (bicyclic) bond motifs is 1. The van der Waals surface area contributed by atoms with E-state index < -0.39 is 49.0 Å². The molecule has 0 aliphatic carbocycles. The van der Waals surface area contributed by atoms with Crippen LogP contribution in [0, 0.1) is 5.92 Å². The van der Waals surface area contributed by atoms with Gasteiger partial charge in [0.2, 0.25) is 0 Å². The Labute approximate surface area is 191 Å². The minimum Gasteiger partial charge on any atom is -0.465 e. The number of phosphoric acid groups is 1. The molecule has 186 valence electrons. The summed E-state index contributed by atoms with van der Waals surface area (Å²) in [6, 6.07) is 1.17. The molecule has 33 heavy (non-hydrogen) atoms. The summed E-state index contributed by atoms with van der Waals surface area (Å²) in [6.07, 6.45) is 1.79. The first-order valence-corrected chi connectivity index (χ1v) is 12.5. The van der Waals surface area contributed by atoms with Crippen molar-refractivity contribution in [2.45, 2.75) is 70.4 Å². The standard InChI is InChI=1S/C20H32N3O9P/c1-4-5-6-10-28-17(25)13(2)8-11-29-33(27)30-12-14-16(32-33)20(3,21)18(31-14)23-9-7-15(24)22-19(23)26/h7,9,13-14,16,18H,4-6,8,10-12,21H2,1-3H3,(H,22,24,26)/t13?,14-,16-,18-,20-,33-/m1/s1. The maximum Gasteiger partial charge on any atom is 0.475 e. The minimum atomic E-state index is -3.98. The van der Waals surface area contributed by atoms with Crippen molar-refractivity contribution in [3.63, 3.8) is 0 Å². The van der Waals surface area contributed by atoms with Crippen molar-refractivity contribution < 1.29 is 32.4 Å². The molecule has 2 fully saturated rings. The average molecular weight is 489 g/mol. The van der Waals surface area contributed by atoms with E-state index in [1.54, 1.807) is 13.8 Å². The van der Waals surface area contributed by atoms with E-state index in [-0.39, 0.29) is 25.6 Å². The molecule has 3 N–H and O–H groups in total. The minimum absolute atomic E-state index is 0.0508. The molecular weight excluding hydrogens is 457 g/mol. The third-order valence-corrected chi connectivity index (χ3v) is 7.17. The average Bonchev–Trinajstić information content (AvgIpc) is 3.01. The number of carbonyl (C=O) groups is 1. The third-order valence-electron chi connectivity index (χ3n) is 5.72. The van der Waals surface area contributed by atoms with Crippen LogP contribution in [0.2, 0.25) is 0 Å². The van der Waals surface area contributed by atoms with Gasteiger partial charge in [0.25, 0.3) is 5.56 Å². The van der Waals surface area contributed by atoms with Crippen molar-refractivity contribution in [2.24, 2.45) is 11.7 Å². The molecule has 3 heterocycles. The number of aromatic amines is 1. The van der Waals surface area contributed by atoms with Gasteiger partial charge in [-0.25, -0.2) is 9.36 Å². The molecule has 0 bridgehead atoms. The Kier molecular flexibility index (Phi) is 8.31. The Bertz CT molecular complexity index is 991. The number of esters is 1. The number of phosphoric ester groups is 1. The van der Waals surface area contributed by atoms with Gasteiger partial charge in [0.1, 0.15) is 12.2 Å². The van der Waals surface area contributed by atoms with Gasteiger partial charge < -0.3 is 15.2 Å². The first-order chi connectivity index (χ1) is 15.6. The fraction of sp³-hybridized carbons (Fsp3) is 0.750. The molecule has 6 atom stereocenters. The Morgan fingerprint density at radius 1 is 1.39 bits per heavy atom. The zero-order chi connectivity index (χ0) is 24.2. The summed E-state index contributed by atoms with van der Waals surface area (Å²) in [6.45, 7) is 5.56. The van der Waals surface area contributed by atoms with Crippen LogP contribution in [0.5, 0.6) is 0 Å². The number of hydrogen-bond acceptors (Lipinski definition) is 10. The van der Waals surface area contributed by atoms with Crippen LogP contribution in [0.3, 0.4) is 0 Å². The van der Waals surface area contributed by atoms with Crippen LogP contribution in [0.4, 0.5) is 0 Å². The molecule has 1 aromatic heterocycles. The number of hydrogen-bond donors (Lipinski definition) is 2. The first-order valence-electron chi connectivity index (χ1n) is 11.1. The van der Waals surface area contributed by atoms with Crippen LogP contribution < -0.4 is 17.0 Å². The van der Waals surface area contributed by atoms with Gasteiger partial charge in [-0.3, -0.25) is 32.7 Å². The molecule has 0 aromatic carbocycles. The van der Waals surface area contributed by atoms with Gasteiger partial charge in [-0.05, 0) is 19.8 Å². The number of unbranched alkanes of at least 4 members (excludes halogenated alkanes) is 2. The van der Waals surface area contributed by atoms with Crippen LogP contribution >= 0.6 is 7.82 Å². The van der Waals surface area contributed by atoms with Crippen molar-refractivity contribution in [3.8, 4) is 0 Å². The van der Waals surface area contributed by atoms with Gasteiger partial charge in [-0.1, -0.05) is 26.7 Å². The Morgan fingerprint density at radius 3 is 2.85 bits per heavy atom. The number of nitrogens with zero attached hydrogens (tertiary/aromatic N) is 1. The van der Waals surface area contributed by atoms with Crippen LogP contribution in [-0.4, -0.2) is 53.1 Å². The van der Waals surface area contributed by atoms with Gasteiger partial charge in [0.05, 0.1) is 31.3 Å². The number of aromatic nitrogens is 2. The van der Waals surface area contributed by atoms with Crippen molar-refractivity contribution in [2.75, 3.05) is 19.8 Å². The van der Waals surface area contributed by atoms with Crippen LogP contribution in [0.1, 0.15) is 52.7 Å². The lowest BCUT2D eigenvalue weighted by atomic mass is 9.93. The Balaban J connectivity index is 1.56. The highest BCUT2D eigenvalue weighted by atomic mass is 31.2. The molecule has 2 aliphatic rings. The molecule has 3 rings (SSSR count).